The zero-order valence-corrected chi connectivity index (χ0v) is 12.2. The van der Waals surface area contributed by atoms with Crippen molar-refractivity contribution in [2.45, 2.75) is 47.6 Å². The maximum atomic E-state index is 8.00. The van der Waals surface area contributed by atoms with Crippen molar-refractivity contribution in [3.8, 4) is 0 Å². The first-order valence-corrected chi connectivity index (χ1v) is 5.91. The van der Waals surface area contributed by atoms with Crippen molar-refractivity contribution >= 4 is 13.5 Å². The van der Waals surface area contributed by atoms with E-state index in [1.165, 1.54) is 0 Å². The Morgan fingerprint density at radius 1 is 1.35 bits per heavy atom. The first kappa shape index (κ1) is 21.2. The van der Waals surface area contributed by atoms with E-state index in [9.17, 15) is 0 Å². The van der Waals surface area contributed by atoms with E-state index in [0.717, 1.165) is 11.4 Å². The molecule has 0 saturated heterocycles. The highest BCUT2D eigenvalue weighted by molar-refractivity contribution is 5.30. The predicted molar refractivity (Wildman–Crippen MR) is 75.5 cm³/mol. The topological polar surface area (TPSA) is 50.7 Å². The zero-order valence-electron chi connectivity index (χ0n) is 12.2. The summed E-state index contributed by atoms with van der Waals surface area (Å²) < 4.78 is 5.31. The Morgan fingerprint density at radius 2 is 1.82 bits per heavy atom. The molecule has 4 nitrogen and oxygen atoms in total. The second-order valence-electron chi connectivity index (χ2n) is 3.16. The summed E-state index contributed by atoms with van der Waals surface area (Å²) in [5.41, 5.74) is 1.93. The molecule has 0 amide bonds. The van der Waals surface area contributed by atoms with Crippen LogP contribution in [0.1, 0.15) is 41.5 Å². The number of hydrogen-bond donors (Lipinski definition) is 1. The van der Waals surface area contributed by atoms with E-state index in [1.54, 1.807) is 0 Å². The molecular formula is C13H28N2O2. The van der Waals surface area contributed by atoms with Gasteiger partial charge in [-0.2, -0.15) is 0 Å². The molecule has 0 aromatic carbocycles. The lowest BCUT2D eigenvalue weighted by atomic mass is 10.3. The zero-order chi connectivity index (χ0) is 14.3. The Hall–Kier alpha value is -1.16. The minimum atomic E-state index is 0.396. The number of nitrogens with zero attached hydrogens (tertiary/aromatic N) is 1. The molecule has 0 saturated carbocycles. The number of hydrogen-bond acceptors (Lipinski definition) is 4. The first-order chi connectivity index (χ1) is 8.11. The van der Waals surface area contributed by atoms with Crippen LogP contribution in [0.25, 0.3) is 0 Å². The van der Waals surface area contributed by atoms with Gasteiger partial charge in [-0.1, -0.05) is 13.8 Å². The fourth-order valence-electron chi connectivity index (χ4n) is 0.899. The van der Waals surface area contributed by atoms with Crippen LogP contribution in [-0.4, -0.2) is 32.8 Å². The summed E-state index contributed by atoms with van der Waals surface area (Å²) in [5, 5.41) is 3.29. The van der Waals surface area contributed by atoms with Gasteiger partial charge in [-0.3, -0.25) is 4.99 Å². The van der Waals surface area contributed by atoms with Crippen molar-refractivity contribution < 1.29 is 9.53 Å². The minimum Gasteiger partial charge on any atom is -0.383 e. The summed E-state index contributed by atoms with van der Waals surface area (Å²) in [4.78, 5) is 11.9. The second-order valence-corrected chi connectivity index (χ2v) is 3.16. The van der Waals surface area contributed by atoms with Gasteiger partial charge in [0.1, 0.15) is 6.79 Å². The van der Waals surface area contributed by atoms with Crippen LogP contribution in [0.2, 0.25) is 0 Å². The molecule has 0 heterocycles. The molecular weight excluding hydrogens is 216 g/mol. The van der Waals surface area contributed by atoms with E-state index in [1.807, 2.05) is 34.5 Å². The van der Waals surface area contributed by atoms with Gasteiger partial charge in [-0.15, -0.1) is 0 Å². The van der Waals surface area contributed by atoms with Gasteiger partial charge < -0.3 is 14.8 Å². The molecule has 0 aromatic heterocycles. The van der Waals surface area contributed by atoms with Gasteiger partial charge in [0.2, 0.25) is 0 Å². The second kappa shape index (κ2) is 17.2. The monoisotopic (exact) mass is 244 g/mol. The Kier molecular flexibility index (Phi) is 21.5. The molecule has 0 rings (SSSR count). The molecule has 0 spiro atoms. The third-order valence-electron chi connectivity index (χ3n) is 1.59. The van der Waals surface area contributed by atoms with Crippen molar-refractivity contribution in [2.24, 2.45) is 4.99 Å². The third-order valence-corrected chi connectivity index (χ3v) is 1.59. The fourth-order valence-corrected chi connectivity index (χ4v) is 0.899. The lowest BCUT2D eigenvalue weighted by Crippen LogP contribution is -2.25. The van der Waals surface area contributed by atoms with Crippen LogP contribution in [0, 0.1) is 0 Å². The molecule has 0 fully saturated rings. The summed E-state index contributed by atoms with van der Waals surface area (Å²) in [5.74, 6) is 0. The SMILES string of the molecule is C=N/C(C)=C(/COCC)NC(C)C.C=O.CC. The van der Waals surface area contributed by atoms with Crippen molar-refractivity contribution in [3.63, 3.8) is 0 Å². The lowest BCUT2D eigenvalue weighted by Gasteiger charge is -2.15. The van der Waals surface area contributed by atoms with Gasteiger partial charge in [-0.25, -0.2) is 0 Å². The van der Waals surface area contributed by atoms with Crippen LogP contribution in [0.5, 0.6) is 0 Å². The molecule has 0 radical (unpaired) electrons. The normalized spacial score (nSPS) is 10.3. The summed E-state index contributed by atoms with van der Waals surface area (Å²) in [6.07, 6.45) is 0. The van der Waals surface area contributed by atoms with Gasteiger partial charge in [0.15, 0.2) is 0 Å². The van der Waals surface area contributed by atoms with E-state index in [0.29, 0.717) is 19.3 Å². The van der Waals surface area contributed by atoms with Gasteiger partial charge in [-0.05, 0) is 34.4 Å². The van der Waals surface area contributed by atoms with Gasteiger partial charge in [0, 0.05) is 12.6 Å². The van der Waals surface area contributed by atoms with E-state index in [4.69, 9.17) is 9.53 Å². The molecule has 0 unspecified atom stereocenters. The van der Waals surface area contributed by atoms with E-state index in [2.05, 4.69) is 30.9 Å². The molecule has 102 valence electrons. The number of ether oxygens (including phenoxy) is 1. The summed E-state index contributed by atoms with van der Waals surface area (Å²) >= 11 is 0. The minimum absolute atomic E-state index is 0.396. The lowest BCUT2D eigenvalue weighted by molar-refractivity contribution is -0.0979. The van der Waals surface area contributed by atoms with Crippen molar-refractivity contribution in [1.82, 2.24) is 5.32 Å². The van der Waals surface area contributed by atoms with Gasteiger partial charge >= 0.3 is 0 Å². The molecule has 0 bridgehead atoms. The average molecular weight is 244 g/mol. The van der Waals surface area contributed by atoms with Crippen molar-refractivity contribution in [3.05, 3.63) is 11.4 Å². The molecule has 0 aliphatic rings. The van der Waals surface area contributed by atoms with Crippen LogP contribution in [0.4, 0.5) is 0 Å². The quantitative estimate of drug-likeness (QED) is 0.731. The first-order valence-electron chi connectivity index (χ1n) is 5.91. The number of nitrogens with one attached hydrogen (secondary N) is 1. The molecule has 4 heteroatoms. The highest BCUT2D eigenvalue weighted by Crippen LogP contribution is 2.03. The number of allylic oxidation sites excluding steroid dienone is 1. The maximum absolute atomic E-state index is 8.00. The molecule has 0 aliphatic carbocycles. The summed E-state index contributed by atoms with van der Waals surface area (Å²) in [7, 11) is 0. The van der Waals surface area contributed by atoms with E-state index < -0.39 is 0 Å². The highest BCUT2D eigenvalue weighted by atomic mass is 16.5. The third kappa shape index (κ3) is 14.8. The smallest absolute Gasteiger partial charge is 0.106 e. The predicted octanol–water partition coefficient (Wildman–Crippen LogP) is 2.79. The largest absolute Gasteiger partial charge is 0.383 e. The van der Waals surface area contributed by atoms with Crippen molar-refractivity contribution in [2.75, 3.05) is 13.2 Å². The Bertz CT molecular complexity index is 202. The molecule has 0 aliphatic heterocycles. The van der Waals surface area contributed by atoms with Crippen molar-refractivity contribution in [1.29, 1.82) is 0 Å². The van der Waals surface area contributed by atoms with Crippen LogP contribution in [0.15, 0.2) is 16.4 Å². The number of carbonyl (C=O) groups excluding carboxylic acids is 1. The van der Waals surface area contributed by atoms with E-state index in [-0.39, 0.29) is 0 Å². The number of carbonyl (C=O) groups is 1. The molecule has 17 heavy (non-hydrogen) atoms. The summed E-state index contributed by atoms with van der Waals surface area (Å²) in [6.45, 7) is 18.9. The standard InChI is InChI=1S/C10H20N2O.C2H6.CH2O/c1-6-13-7-10(9(4)11-5)12-8(2)3;2*1-2/h8,12H,5-7H2,1-4H3;1-2H3;1H2/b10-9-;;. The highest BCUT2D eigenvalue weighted by Gasteiger charge is 2.02. The number of rotatable bonds is 6. The molecule has 0 aromatic rings. The van der Waals surface area contributed by atoms with Gasteiger partial charge in [0.05, 0.1) is 18.0 Å². The van der Waals surface area contributed by atoms with E-state index >= 15 is 0 Å². The fraction of sp³-hybridized carbons (Fsp3) is 0.692. The molecule has 0 atom stereocenters. The van der Waals surface area contributed by atoms with Crippen LogP contribution >= 0.6 is 0 Å². The average Bonchev–Trinajstić information content (AvgIpc) is 2.38. The van der Waals surface area contributed by atoms with Crippen LogP contribution < -0.4 is 5.32 Å². The Morgan fingerprint density at radius 3 is 2.12 bits per heavy atom. The Balaban J connectivity index is -0.000000439. The molecule has 1 N–H and O–H groups in total. The van der Waals surface area contributed by atoms with Crippen LogP contribution in [-0.2, 0) is 9.53 Å². The maximum Gasteiger partial charge on any atom is 0.106 e. The summed E-state index contributed by atoms with van der Waals surface area (Å²) in [6, 6.07) is 0.396. The van der Waals surface area contributed by atoms with Gasteiger partial charge in [0.25, 0.3) is 0 Å². The number of aliphatic imine (C=N–C) groups is 1. The van der Waals surface area contributed by atoms with Crippen LogP contribution in [0.3, 0.4) is 0 Å². The Labute approximate surface area is 106 Å².